The number of carboxylic acids is 1. The zero-order valence-corrected chi connectivity index (χ0v) is 11.5. The first kappa shape index (κ1) is 13.5. The number of halogens is 1. The molecule has 6 nitrogen and oxygen atoms in total. The van der Waals surface area contributed by atoms with Crippen molar-refractivity contribution in [2.24, 2.45) is 0 Å². The highest BCUT2D eigenvalue weighted by molar-refractivity contribution is 5.94. The summed E-state index contributed by atoms with van der Waals surface area (Å²) in [6, 6.07) is 3.33. The third-order valence-corrected chi connectivity index (χ3v) is 3.38. The zero-order chi connectivity index (χ0) is 15.0. The summed E-state index contributed by atoms with van der Waals surface area (Å²) in [5.41, 5.74) is 0.454. The number of carbonyl (C=O) groups is 1. The molecule has 2 aromatic rings. The highest BCUT2D eigenvalue weighted by atomic mass is 19.1. The molecule has 1 aliphatic carbocycles. The van der Waals surface area contributed by atoms with E-state index in [1.807, 2.05) is 6.92 Å². The Labute approximate surface area is 120 Å². The van der Waals surface area contributed by atoms with Gasteiger partial charge in [0.2, 0.25) is 5.95 Å². The highest BCUT2D eigenvalue weighted by Crippen LogP contribution is 2.39. The largest absolute Gasteiger partial charge is 0.478 e. The van der Waals surface area contributed by atoms with E-state index in [9.17, 15) is 14.3 Å². The fourth-order valence-electron chi connectivity index (χ4n) is 2.27. The summed E-state index contributed by atoms with van der Waals surface area (Å²) in [6.45, 7) is 2.52. The van der Waals surface area contributed by atoms with Gasteiger partial charge in [0, 0.05) is 6.54 Å². The Morgan fingerprint density at radius 2 is 2.29 bits per heavy atom. The van der Waals surface area contributed by atoms with E-state index in [2.05, 4.69) is 15.4 Å². The predicted molar refractivity (Wildman–Crippen MR) is 74.8 cm³/mol. The van der Waals surface area contributed by atoms with E-state index in [-0.39, 0.29) is 22.9 Å². The average Bonchev–Trinajstić information content (AvgIpc) is 3.18. The first-order valence-corrected chi connectivity index (χ1v) is 6.83. The molecule has 2 heterocycles. The SMILES string of the molecule is CCNc1ccc(-c2c(C(=O)O)cnn2C2CC2)c(F)n1. The molecule has 3 rings (SSSR count). The van der Waals surface area contributed by atoms with Gasteiger partial charge in [0.15, 0.2) is 0 Å². The van der Waals surface area contributed by atoms with Crippen molar-refractivity contribution in [1.29, 1.82) is 0 Å². The van der Waals surface area contributed by atoms with E-state index >= 15 is 0 Å². The van der Waals surface area contributed by atoms with E-state index < -0.39 is 11.9 Å². The maximum Gasteiger partial charge on any atom is 0.339 e. The van der Waals surface area contributed by atoms with Crippen LogP contribution in [0.15, 0.2) is 18.3 Å². The fourth-order valence-corrected chi connectivity index (χ4v) is 2.27. The molecule has 0 saturated heterocycles. The molecule has 0 aromatic carbocycles. The third kappa shape index (κ3) is 2.46. The number of rotatable bonds is 5. The fraction of sp³-hybridized carbons (Fsp3) is 0.357. The molecule has 1 fully saturated rings. The van der Waals surface area contributed by atoms with Crippen molar-refractivity contribution in [2.45, 2.75) is 25.8 Å². The van der Waals surface area contributed by atoms with Gasteiger partial charge in [-0.25, -0.2) is 9.78 Å². The van der Waals surface area contributed by atoms with E-state index in [4.69, 9.17) is 0 Å². The smallest absolute Gasteiger partial charge is 0.339 e. The second-order valence-corrected chi connectivity index (χ2v) is 4.95. The Balaban J connectivity index is 2.10. The van der Waals surface area contributed by atoms with Crippen LogP contribution < -0.4 is 5.32 Å². The summed E-state index contributed by atoms with van der Waals surface area (Å²) < 4.78 is 15.9. The summed E-state index contributed by atoms with van der Waals surface area (Å²) in [5.74, 6) is -1.39. The number of nitrogens with one attached hydrogen (secondary N) is 1. The molecule has 0 bridgehead atoms. The molecule has 0 aliphatic heterocycles. The van der Waals surface area contributed by atoms with Crippen molar-refractivity contribution in [1.82, 2.24) is 14.8 Å². The van der Waals surface area contributed by atoms with Gasteiger partial charge in [-0.1, -0.05) is 0 Å². The lowest BCUT2D eigenvalue weighted by atomic mass is 10.1. The molecule has 0 amide bonds. The summed E-state index contributed by atoms with van der Waals surface area (Å²) in [5, 5.41) is 16.3. The van der Waals surface area contributed by atoms with E-state index in [1.54, 1.807) is 16.8 Å². The Bertz CT molecular complexity index is 694. The molecule has 1 aliphatic rings. The molecule has 1 saturated carbocycles. The number of aromatic carboxylic acids is 1. The van der Waals surface area contributed by atoms with Crippen LogP contribution in [0.25, 0.3) is 11.3 Å². The van der Waals surface area contributed by atoms with Gasteiger partial charge in [0.25, 0.3) is 0 Å². The van der Waals surface area contributed by atoms with Crippen LogP contribution in [0.5, 0.6) is 0 Å². The van der Waals surface area contributed by atoms with Gasteiger partial charge in [-0.15, -0.1) is 0 Å². The molecule has 7 heteroatoms. The molecule has 2 aromatic heterocycles. The Hall–Kier alpha value is -2.44. The molecule has 0 atom stereocenters. The van der Waals surface area contributed by atoms with Crippen LogP contribution in [0.4, 0.5) is 10.2 Å². The Morgan fingerprint density at radius 1 is 1.52 bits per heavy atom. The highest BCUT2D eigenvalue weighted by Gasteiger charge is 2.31. The number of carboxylic acid groups (broad SMARTS) is 1. The minimum absolute atomic E-state index is 0.00111. The van der Waals surface area contributed by atoms with Crippen LogP contribution >= 0.6 is 0 Å². The molecule has 21 heavy (non-hydrogen) atoms. The molecule has 0 unspecified atom stereocenters. The molecular weight excluding hydrogens is 275 g/mol. The summed E-state index contributed by atoms with van der Waals surface area (Å²) in [7, 11) is 0. The first-order valence-electron chi connectivity index (χ1n) is 6.83. The van der Waals surface area contributed by atoms with Gasteiger partial charge in [-0.2, -0.15) is 9.49 Å². The lowest BCUT2D eigenvalue weighted by Crippen LogP contribution is -2.06. The van der Waals surface area contributed by atoms with Gasteiger partial charge in [-0.05, 0) is 31.9 Å². The van der Waals surface area contributed by atoms with Crippen molar-refractivity contribution in [3.63, 3.8) is 0 Å². The minimum Gasteiger partial charge on any atom is -0.478 e. The van der Waals surface area contributed by atoms with Crippen LogP contribution in [-0.2, 0) is 0 Å². The topological polar surface area (TPSA) is 80.0 Å². The van der Waals surface area contributed by atoms with Crippen molar-refractivity contribution in [2.75, 3.05) is 11.9 Å². The van der Waals surface area contributed by atoms with Crippen LogP contribution in [0, 0.1) is 5.95 Å². The van der Waals surface area contributed by atoms with E-state index in [0.717, 1.165) is 12.8 Å². The zero-order valence-electron chi connectivity index (χ0n) is 11.5. The second kappa shape index (κ2) is 5.16. The maximum absolute atomic E-state index is 14.3. The number of pyridine rings is 1. The number of hydrogen-bond acceptors (Lipinski definition) is 4. The number of hydrogen-bond donors (Lipinski definition) is 2. The number of aromatic nitrogens is 3. The molecule has 110 valence electrons. The summed E-state index contributed by atoms with van der Waals surface area (Å²) in [4.78, 5) is 15.2. The maximum atomic E-state index is 14.3. The van der Waals surface area contributed by atoms with Crippen molar-refractivity contribution < 1.29 is 14.3 Å². The van der Waals surface area contributed by atoms with Crippen LogP contribution in [0.2, 0.25) is 0 Å². The third-order valence-electron chi connectivity index (χ3n) is 3.38. The number of anilines is 1. The van der Waals surface area contributed by atoms with Gasteiger partial charge < -0.3 is 10.4 Å². The molecule has 2 N–H and O–H groups in total. The van der Waals surface area contributed by atoms with Crippen molar-refractivity contribution >= 4 is 11.8 Å². The Morgan fingerprint density at radius 3 is 2.86 bits per heavy atom. The predicted octanol–water partition coefficient (Wildman–Crippen LogP) is 2.55. The van der Waals surface area contributed by atoms with Crippen molar-refractivity contribution in [3.05, 3.63) is 29.8 Å². The average molecular weight is 290 g/mol. The van der Waals surface area contributed by atoms with Gasteiger partial charge >= 0.3 is 5.97 Å². The normalized spacial score (nSPS) is 14.2. The quantitative estimate of drug-likeness (QED) is 0.827. The minimum atomic E-state index is -1.12. The molecule has 0 radical (unpaired) electrons. The van der Waals surface area contributed by atoms with E-state index in [1.165, 1.54) is 6.20 Å². The summed E-state index contributed by atoms with van der Waals surface area (Å²) in [6.07, 6.45) is 3.13. The van der Waals surface area contributed by atoms with Crippen molar-refractivity contribution in [3.8, 4) is 11.3 Å². The van der Waals surface area contributed by atoms with Crippen LogP contribution in [-0.4, -0.2) is 32.4 Å². The first-order chi connectivity index (χ1) is 10.1. The molecule has 0 spiro atoms. The lowest BCUT2D eigenvalue weighted by molar-refractivity contribution is 0.0697. The summed E-state index contributed by atoms with van der Waals surface area (Å²) >= 11 is 0. The van der Waals surface area contributed by atoms with Crippen LogP contribution in [0.3, 0.4) is 0 Å². The van der Waals surface area contributed by atoms with Gasteiger partial charge in [0.05, 0.1) is 23.5 Å². The lowest BCUT2D eigenvalue weighted by Gasteiger charge is -2.10. The van der Waals surface area contributed by atoms with Gasteiger partial charge in [0.1, 0.15) is 11.4 Å². The van der Waals surface area contributed by atoms with E-state index in [0.29, 0.717) is 12.4 Å². The molecular formula is C14H15FN4O2. The van der Waals surface area contributed by atoms with Gasteiger partial charge in [-0.3, -0.25) is 4.68 Å². The monoisotopic (exact) mass is 290 g/mol. The standard InChI is InChI=1S/C14H15FN4O2/c1-2-16-11-6-5-9(13(15)18-11)12-10(14(20)21)7-17-19(12)8-3-4-8/h5-8H,2-4H2,1H3,(H,16,18)(H,20,21). The van der Waals surface area contributed by atoms with Crippen LogP contribution in [0.1, 0.15) is 36.2 Å². The second-order valence-electron chi connectivity index (χ2n) is 4.95. The number of nitrogens with zero attached hydrogens (tertiary/aromatic N) is 3. The Kier molecular flexibility index (Phi) is 3.32.